The summed E-state index contributed by atoms with van der Waals surface area (Å²) in [6.45, 7) is 4.22. The maximum absolute atomic E-state index is 6.53. The predicted octanol–water partition coefficient (Wildman–Crippen LogP) is 5.15. The van der Waals surface area contributed by atoms with Crippen LogP contribution in [0, 0.1) is 0 Å². The van der Waals surface area contributed by atoms with Gasteiger partial charge in [0.25, 0.3) is 0 Å². The second-order valence-corrected chi connectivity index (χ2v) is 7.17. The largest absolute Gasteiger partial charge is 0.326 e. The highest BCUT2D eigenvalue weighted by Crippen LogP contribution is 2.44. The maximum Gasteiger partial charge on any atom is 0.0468 e. The van der Waals surface area contributed by atoms with Crippen molar-refractivity contribution in [3.8, 4) is 0 Å². The zero-order valence-corrected chi connectivity index (χ0v) is 14.4. The third-order valence-electron chi connectivity index (χ3n) is 4.52. The van der Waals surface area contributed by atoms with Gasteiger partial charge < -0.3 is 5.73 Å². The molecule has 0 aliphatic carbocycles. The van der Waals surface area contributed by atoms with E-state index in [-0.39, 0.29) is 11.0 Å². The smallest absolute Gasteiger partial charge is 0.0468 e. The van der Waals surface area contributed by atoms with Gasteiger partial charge in [-0.15, -0.1) is 0 Å². The van der Waals surface area contributed by atoms with Gasteiger partial charge in [-0.25, -0.2) is 0 Å². The van der Waals surface area contributed by atoms with E-state index in [2.05, 4.69) is 105 Å². The normalized spacial score (nSPS) is 12.1. The number of hydrogen-bond donors (Lipinski definition) is 1. The van der Waals surface area contributed by atoms with Crippen LogP contribution in [0.25, 0.3) is 0 Å². The lowest BCUT2D eigenvalue weighted by Crippen LogP contribution is -2.43. The molecule has 1 nitrogen and oxygen atoms in total. The van der Waals surface area contributed by atoms with E-state index >= 15 is 0 Å². The van der Waals surface area contributed by atoms with Gasteiger partial charge in [-0.1, -0.05) is 91.0 Å². The van der Waals surface area contributed by atoms with E-state index in [0.29, 0.717) is 0 Å². The fraction of sp³-hybridized carbons (Fsp3) is 0.217. The summed E-state index contributed by atoms with van der Waals surface area (Å²) in [7, 11) is 0. The van der Waals surface area contributed by atoms with Crippen LogP contribution in [-0.4, -0.2) is 5.54 Å². The second-order valence-electron chi connectivity index (χ2n) is 7.17. The Balaban J connectivity index is 2.33. The van der Waals surface area contributed by atoms with Gasteiger partial charge in [0.2, 0.25) is 0 Å². The van der Waals surface area contributed by atoms with E-state index in [4.69, 9.17) is 5.73 Å². The van der Waals surface area contributed by atoms with Crippen LogP contribution in [0.1, 0.15) is 37.0 Å². The molecule has 1 heteroatoms. The standard InChI is InChI=1S/C23H25N/c1-22(2,24)18-23(19-12-6-3-7-13-19,20-14-8-4-9-15-20)21-16-10-5-11-17-21/h3-17H,18,24H2,1-2H3. The third kappa shape index (κ3) is 3.27. The maximum atomic E-state index is 6.53. The highest BCUT2D eigenvalue weighted by molar-refractivity contribution is 5.50. The summed E-state index contributed by atoms with van der Waals surface area (Å²) in [5.41, 5.74) is 9.80. The van der Waals surface area contributed by atoms with Crippen molar-refractivity contribution in [3.63, 3.8) is 0 Å². The first-order valence-electron chi connectivity index (χ1n) is 8.48. The third-order valence-corrected chi connectivity index (χ3v) is 4.52. The van der Waals surface area contributed by atoms with E-state index in [0.717, 1.165) is 6.42 Å². The zero-order valence-electron chi connectivity index (χ0n) is 14.4. The highest BCUT2D eigenvalue weighted by atomic mass is 14.7. The van der Waals surface area contributed by atoms with Crippen LogP contribution in [0.3, 0.4) is 0 Å². The molecule has 0 amide bonds. The summed E-state index contributed by atoms with van der Waals surface area (Å²) < 4.78 is 0. The van der Waals surface area contributed by atoms with Crippen LogP contribution < -0.4 is 5.73 Å². The van der Waals surface area contributed by atoms with Gasteiger partial charge >= 0.3 is 0 Å². The van der Waals surface area contributed by atoms with Crippen LogP contribution in [0.4, 0.5) is 0 Å². The molecule has 0 unspecified atom stereocenters. The fourth-order valence-electron chi connectivity index (χ4n) is 3.66. The lowest BCUT2D eigenvalue weighted by Gasteiger charge is -2.40. The Bertz CT molecular complexity index is 659. The fourth-order valence-corrected chi connectivity index (χ4v) is 3.66. The molecule has 122 valence electrons. The summed E-state index contributed by atoms with van der Waals surface area (Å²) in [4.78, 5) is 0. The SMILES string of the molecule is CC(C)(N)CC(c1ccccc1)(c1ccccc1)c1ccccc1. The average Bonchev–Trinajstić information content (AvgIpc) is 2.61. The number of hydrogen-bond acceptors (Lipinski definition) is 1. The van der Waals surface area contributed by atoms with E-state index in [1.807, 2.05) is 0 Å². The Morgan fingerprint density at radius 2 is 0.875 bits per heavy atom. The minimum atomic E-state index is -0.304. The minimum Gasteiger partial charge on any atom is -0.326 e. The quantitative estimate of drug-likeness (QED) is 0.648. The van der Waals surface area contributed by atoms with Gasteiger partial charge in [-0.05, 0) is 37.0 Å². The lowest BCUT2D eigenvalue weighted by atomic mass is 9.64. The molecule has 0 saturated heterocycles. The number of rotatable bonds is 5. The molecule has 0 spiro atoms. The van der Waals surface area contributed by atoms with Gasteiger partial charge in [0.1, 0.15) is 0 Å². The van der Waals surface area contributed by atoms with Crippen molar-refractivity contribution in [2.45, 2.75) is 31.2 Å². The molecule has 3 aromatic rings. The molecule has 0 fully saturated rings. The van der Waals surface area contributed by atoms with Crippen LogP contribution in [0.15, 0.2) is 91.0 Å². The first-order chi connectivity index (χ1) is 11.5. The molecule has 0 heterocycles. The van der Waals surface area contributed by atoms with Crippen LogP contribution in [-0.2, 0) is 5.41 Å². The Kier molecular flexibility index (Phi) is 4.55. The molecule has 0 radical (unpaired) electrons. The molecule has 0 aliphatic rings. The van der Waals surface area contributed by atoms with Crippen molar-refractivity contribution in [3.05, 3.63) is 108 Å². The Morgan fingerprint density at radius 3 is 1.12 bits per heavy atom. The molecule has 2 N–H and O–H groups in total. The van der Waals surface area contributed by atoms with Crippen LogP contribution in [0.5, 0.6) is 0 Å². The molecule has 0 atom stereocenters. The summed E-state index contributed by atoms with van der Waals surface area (Å²) in [6, 6.07) is 32.1. The monoisotopic (exact) mass is 315 g/mol. The van der Waals surface area contributed by atoms with Crippen molar-refractivity contribution in [1.82, 2.24) is 0 Å². The van der Waals surface area contributed by atoms with Crippen molar-refractivity contribution in [1.29, 1.82) is 0 Å². The molecular formula is C23H25N. The summed E-state index contributed by atoms with van der Waals surface area (Å²) in [5.74, 6) is 0. The van der Waals surface area contributed by atoms with Gasteiger partial charge in [0.15, 0.2) is 0 Å². The Labute approximate surface area is 145 Å². The van der Waals surface area contributed by atoms with Gasteiger partial charge in [-0.3, -0.25) is 0 Å². The topological polar surface area (TPSA) is 26.0 Å². The lowest BCUT2D eigenvalue weighted by molar-refractivity contribution is 0.390. The molecule has 3 rings (SSSR count). The van der Waals surface area contributed by atoms with E-state index < -0.39 is 0 Å². The first-order valence-corrected chi connectivity index (χ1v) is 8.48. The second kappa shape index (κ2) is 6.62. The summed E-state index contributed by atoms with van der Waals surface area (Å²) >= 11 is 0. The van der Waals surface area contributed by atoms with Gasteiger partial charge in [0.05, 0.1) is 0 Å². The zero-order chi connectivity index (χ0) is 17.0. The molecule has 0 aliphatic heterocycles. The molecule has 0 aromatic heterocycles. The van der Waals surface area contributed by atoms with E-state index in [1.54, 1.807) is 0 Å². The Morgan fingerprint density at radius 1 is 0.583 bits per heavy atom. The van der Waals surface area contributed by atoms with Crippen LogP contribution in [0.2, 0.25) is 0 Å². The number of benzene rings is 3. The van der Waals surface area contributed by atoms with Crippen molar-refractivity contribution < 1.29 is 0 Å². The van der Waals surface area contributed by atoms with Gasteiger partial charge in [-0.2, -0.15) is 0 Å². The minimum absolute atomic E-state index is 0.262. The van der Waals surface area contributed by atoms with E-state index in [9.17, 15) is 0 Å². The van der Waals surface area contributed by atoms with Crippen molar-refractivity contribution in [2.24, 2.45) is 5.73 Å². The highest BCUT2D eigenvalue weighted by Gasteiger charge is 2.39. The van der Waals surface area contributed by atoms with Crippen LogP contribution >= 0.6 is 0 Å². The number of nitrogens with two attached hydrogens (primary N) is 1. The first kappa shape index (κ1) is 16.5. The predicted molar refractivity (Wildman–Crippen MR) is 102 cm³/mol. The molecule has 0 bridgehead atoms. The van der Waals surface area contributed by atoms with E-state index in [1.165, 1.54) is 16.7 Å². The van der Waals surface area contributed by atoms with Crippen molar-refractivity contribution >= 4 is 0 Å². The summed E-state index contributed by atoms with van der Waals surface area (Å²) in [5, 5.41) is 0. The van der Waals surface area contributed by atoms with Gasteiger partial charge in [0, 0.05) is 11.0 Å². The molecular weight excluding hydrogens is 290 g/mol. The van der Waals surface area contributed by atoms with Crippen molar-refractivity contribution in [2.75, 3.05) is 0 Å². The summed E-state index contributed by atoms with van der Waals surface area (Å²) in [6.07, 6.45) is 0.831. The molecule has 3 aromatic carbocycles. The Hall–Kier alpha value is -2.38. The molecule has 24 heavy (non-hydrogen) atoms. The average molecular weight is 315 g/mol. The molecule has 0 saturated carbocycles.